The van der Waals surface area contributed by atoms with Crippen molar-refractivity contribution in [1.82, 2.24) is 9.97 Å². The van der Waals surface area contributed by atoms with E-state index in [-0.39, 0.29) is 0 Å². The van der Waals surface area contributed by atoms with Crippen molar-refractivity contribution in [2.75, 3.05) is 9.80 Å². The third-order valence-electron chi connectivity index (χ3n) is 11.1. The first-order valence-corrected chi connectivity index (χ1v) is 19.3. The zero-order valence-electron chi connectivity index (χ0n) is 31.0. The Hall–Kier alpha value is -8.30. The number of aromatic nitrogens is 2. The third kappa shape index (κ3) is 4.91. The summed E-state index contributed by atoms with van der Waals surface area (Å²) in [5.41, 5.74) is 8.90. The summed E-state index contributed by atoms with van der Waals surface area (Å²) in [6, 6.07) is 54.5. The van der Waals surface area contributed by atoms with E-state index in [0.717, 1.165) is 88.3 Å². The second kappa shape index (κ2) is 12.1. The van der Waals surface area contributed by atoms with Crippen molar-refractivity contribution in [3.8, 4) is 0 Å². The van der Waals surface area contributed by atoms with E-state index in [1.807, 2.05) is 132 Å². The number of fused-ring (bicyclic) bond motifs is 11. The Morgan fingerprint density at radius 2 is 0.814 bits per heavy atom. The Morgan fingerprint density at radius 3 is 1.39 bits per heavy atom. The van der Waals surface area contributed by atoms with Crippen LogP contribution in [0.3, 0.4) is 0 Å². The lowest BCUT2D eigenvalue weighted by Crippen LogP contribution is -2.11. The van der Waals surface area contributed by atoms with Gasteiger partial charge in [0, 0.05) is 68.0 Å². The maximum Gasteiger partial charge on any atom is 0.248 e. The molecule has 0 saturated heterocycles. The number of benzene rings is 7. The first-order valence-electron chi connectivity index (χ1n) is 19.3. The van der Waals surface area contributed by atoms with Gasteiger partial charge in [-0.2, -0.15) is 4.98 Å². The minimum Gasteiger partial charge on any atom is -0.456 e. The highest BCUT2D eigenvalue weighted by atomic mass is 16.4. The zero-order valence-corrected chi connectivity index (χ0v) is 31.0. The van der Waals surface area contributed by atoms with Crippen molar-refractivity contribution < 1.29 is 22.1 Å². The molecule has 13 aromatic rings. The Morgan fingerprint density at radius 1 is 0.356 bits per heavy atom. The van der Waals surface area contributed by atoms with Gasteiger partial charge in [-0.05, 0) is 60.7 Å². The highest BCUT2D eigenvalue weighted by Crippen LogP contribution is 2.44. The molecular weight excluding hydrogens is 737 g/mol. The number of anilines is 6. The summed E-state index contributed by atoms with van der Waals surface area (Å²) in [4.78, 5) is 14.1. The van der Waals surface area contributed by atoms with E-state index in [4.69, 9.17) is 32.1 Å². The van der Waals surface area contributed by atoms with Gasteiger partial charge in [0.05, 0.1) is 23.3 Å². The highest BCUT2D eigenvalue weighted by molar-refractivity contribution is 6.08. The Balaban J connectivity index is 0.959. The average Bonchev–Trinajstić information content (AvgIpc) is 4.10. The fourth-order valence-corrected chi connectivity index (χ4v) is 8.40. The van der Waals surface area contributed by atoms with E-state index in [1.54, 1.807) is 6.20 Å². The van der Waals surface area contributed by atoms with Gasteiger partial charge in [0.1, 0.15) is 44.6 Å². The minimum absolute atomic E-state index is 0.388. The first-order chi connectivity index (χ1) is 29.2. The third-order valence-corrected chi connectivity index (χ3v) is 11.1. The van der Waals surface area contributed by atoms with Crippen LogP contribution in [0.15, 0.2) is 192 Å². The fourth-order valence-electron chi connectivity index (χ4n) is 8.40. The molecule has 0 bridgehead atoms. The smallest absolute Gasteiger partial charge is 0.248 e. The number of para-hydroxylation sites is 4. The van der Waals surface area contributed by atoms with Crippen LogP contribution in [0.25, 0.3) is 88.0 Å². The largest absolute Gasteiger partial charge is 0.456 e. The normalized spacial score (nSPS) is 12.1. The number of hydrogen-bond donors (Lipinski definition) is 0. The molecule has 0 aliphatic heterocycles. The Labute approximate surface area is 333 Å². The number of nitrogens with zero attached hydrogens (tertiary/aromatic N) is 4. The van der Waals surface area contributed by atoms with E-state index in [2.05, 4.69) is 41.3 Å². The lowest BCUT2D eigenvalue weighted by atomic mass is 10.1. The van der Waals surface area contributed by atoms with Gasteiger partial charge < -0.3 is 22.1 Å². The lowest BCUT2D eigenvalue weighted by molar-refractivity contribution is 0.618. The predicted octanol–water partition coefficient (Wildman–Crippen LogP) is 14.6. The molecule has 0 saturated carbocycles. The first kappa shape index (κ1) is 31.9. The van der Waals surface area contributed by atoms with Crippen molar-refractivity contribution in [3.63, 3.8) is 0 Å². The number of rotatable bonds is 6. The molecule has 0 N–H and O–H groups in total. The van der Waals surface area contributed by atoms with Crippen molar-refractivity contribution >= 4 is 123 Å². The average molecular weight is 765 g/mol. The second-order valence-corrected chi connectivity index (χ2v) is 14.6. The molecule has 0 radical (unpaired) electrons. The summed E-state index contributed by atoms with van der Waals surface area (Å²) in [6.45, 7) is 0. The summed E-state index contributed by atoms with van der Waals surface area (Å²) in [7, 11) is 0. The monoisotopic (exact) mass is 764 g/mol. The fraction of sp³-hybridized carbons (Fsp3) is 0. The summed E-state index contributed by atoms with van der Waals surface area (Å²) in [5.74, 6) is 1.75. The van der Waals surface area contributed by atoms with E-state index >= 15 is 0 Å². The maximum absolute atomic E-state index is 6.59. The van der Waals surface area contributed by atoms with Gasteiger partial charge in [0.15, 0.2) is 5.82 Å². The second-order valence-electron chi connectivity index (χ2n) is 14.6. The van der Waals surface area contributed by atoms with Crippen LogP contribution in [0, 0.1) is 0 Å². The van der Waals surface area contributed by atoms with Crippen LogP contribution in [0.5, 0.6) is 0 Å². The van der Waals surface area contributed by atoms with E-state index in [1.165, 1.54) is 0 Å². The standard InChI is InChI=1S/C50H28N4O5/c1-5-13-39-29(9-1)23-47(57-39)53(31-17-20-36-34-11-3-7-15-41(34)55-43(36)25-31)32-19-22-38-45(26-32)59-50-49(38)51-28-46(52-50)54(48-24-30-10-2-6-14-40(30)58-48)33-18-21-37-35-12-4-8-16-42(35)56-44(37)27-33/h1-28H. The van der Waals surface area contributed by atoms with Crippen LogP contribution in [0.4, 0.5) is 34.6 Å². The van der Waals surface area contributed by atoms with E-state index in [9.17, 15) is 0 Å². The van der Waals surface area contributed by atoms with Gasteiger partial charge in [-0.1, -0.05) is 72.8 Å². The van der Waals surface area contributed by atoms with Crippen LogP contribution in [0.1, 0.15) is 0 Å². The Kier molecular flexibility index (Phi) is 6.53. The molecule has 0 aliphatic carbocycles. The summed E-state index contributed by atoms with van der Waals surface area (Å²) < 4.78 is 32.2. The molecule has 13 rings (SSSR count). The molecule has 9 nitrogen and oxygen atoms in total. The summed E-state index contributed by atoms with van der Waals surface area (Å²) >= 11 is 0. The topological polar surface area (TPSA) is 98.0 Å². The van der Waals surface area contributed by atoms with Gasteiger partial charge in [0.25, 0.3) is 0 Å². The van der Waals surface area contributed by atoms with E-state index in [0.29, 0.717) is 34.4 Å². The number of furan rings is 5. The van der Waals surface area contributed by atoms with Gasteiger partial charge in [-0.3, -0.25) is 9.80 Å². The van der Waals surface area contributed by atoms with Crippen LogP contribution in [-0.2, 0) is 0 Å². The highest BCUT2D eigenvalue weighted by Gasteiger charge is 2.24. The quantitative estimate of drug-likeness (QED) is 0.164. The Bertz CT molecular complexity index is 3480. The summed E-state index contributed by atoms with van der Waals surface area (Å²) in [6.07, 6.45) is 1.75. The molecule has 6 heterocycles. The minimum atomic E-state index is 0.388. The molecule has 0 spiro atoms. The van der Waals surface area contributed by atoms with Crippen molar-refractivity contribution in [2.24, 2.45) is 0 Å². The van der Waals surface area contributed by atoms with Crippen molar-refractivity contribution in [3.05, 3.63) is 170 Å². The van der Waals surface area contributed by atoms with E-state index < -0.39 is 0 Å². The van der Waals surface area contributed by atoms with Gasteiger partial charge >= 0.3 is 0 Å². The van der Waals surface area contributed by atoms with Crippen LogP contribution in [0.2, 0.25) is 0 Å². The molecule has 0 unspecified atom stereocenters. The molecule has 0 amide bonds. The van der Waals surface area contributed by atoms with Crippen LogP contribution in [-0.4, -0.2) is 9.97 Å². The molecule has 9 heteroatoms. The van der Waals surface area contributed by atoms with Crippen molar-refractivity contribution in [2.45, 2.75) is 0 Å². The van der Waals surface area contributed by atoms with Gasteiger partial charge in [-0.25, -0.2) is 4.98 Å². The van der Waals surface area contributed by atoms with Gasteiger partial charge in [-0.15, -0.1) is 0 Å². The molecule has 0 fully saturated rings. The molecule has 7 aromatic carbocycles. The molecule has 6 aromatic heterocycles. The van der Waals surface area contributed by atoms with Crippen LogP contribution >= 0.6 is 0 Å². The predicted molar refractivity (Wildman–Crippen MR) is 233 cm³/mol. The van der Waals surface area contributed by atoms with Crippen LogP contribution < -0.4 is 9.80 Å². The molecule has 0 aliphatic rings. The van der Waals surface area contributed by atoms with Crippen molar-refractivity contribution in [1.29, 1.82) is 0 Å². The van der Waals surface area contributed by atoms with Gasteiger partial charge in [0.2, 0.25) is 17.5 Å². The molecule has 0 atom stereocenters. The SMILES string of the molecule is c1ccc2oc(N(c3ccc4c(c3)oc3ccccc34)c3ccc4c(c3)oc3nc(N(c5ccc6c(c5)oc5ccccc56)c5cc6ccccc6o5)cnc34)cc2c1. The zero-order chi connectivity index (χ0) is 38.6. The lowest BCUT2D eigenvalue weighted by Gasteiger charge is -2.22. The maximum atomic E-state index is 6.59. The summed E-state index contributed by atoms with van der Waals surface area (Å²) in [5, 5.41) is 7.00. The molecule has 59 heavy (non-hydrogen) atoms. The molecule has 278 valence electrons. The molecular formula is C50H28N4O5. The number of hydrogen-bond acceptors (Lipinski definition) is 9.